The van der Waals surface area contributed by atoms with Gasteiger partial charge in [-0.25, -0.2) is 0 Å². The van der Waals surface area contributed by atoms with E-state index in [0.717, 1.165) is 43.3 Å². The summed E-state index contributed by atoms with van der Waals surface area (Å²) in [5.41, 5.74) is 0. The molecule has 1 amide bonds. The number of rotatable bonds is 14. The van der Waals surface area contributed by atoms with E-state index in [1.165, 1.54) is 32.1 Å². The second-order valence-electron chi connectivity index (χ2n) is 7.08. The summed E-state index contributed by atoms with van der Waals surface area (Å²) in [6, 6.07) is 0. The third kappa shape index (κ3) is 9.28. The normalized spacial score (nSPS) is 11.2. The number of hydrogen-bond acceptors (Lipinski definition) is 4. The van der Waals surface area contributed by atoms with Crippen LogP contribution in [0.5, 0.6) is 0 Å². The number of hydrogen-bond donors (Lipinski definition) is 1. The average Bonchev–Trinajstić information content (AvgIpc) is 2.96. The number of aromatic nitrogens is 3. The van der Waals surface area contributed by atoms with Crippen LogP contribution in [0.2, 0.25) is 0 Å². The Balaban J connectivity index is 2.20. The van der Waals surface area contributed by atoms with Crippen molar-refractivity contribution >= 4 is 17.7 Å². The summed E-state index contributed by atoms with van der Waals surface area (Å²) in [5, 5.41) is 12.6. The molecule has 1 aromatic rings. The Morgan fingerprint density at radius 1 is 1.12 bits per heavy atom. The molecule has 0 unspecified atom stereocenters. The molecule has 6 heteroatoms. The molecule has 144 valence electrons. The Morgan fingerprint density at radius 3 is 2.52 bits per heavy atom. The van der Waals surface area contributed by atoms with Gasteiger partial charge in [0.2, 0.25) is 5.91 Å². The van der Waals surface area contributed by atoms with E-state index >= 15 is 0 Å². The van der Waals surface area contributed by atoms with Gasteiger partial charge in [-0.3, -0.25) is 4.79 Å². The van der Waals surface area contributed by atoms with Crippen molar-refractivity contribution in [2.75, 3.05) is 12.8 Å². The second kappa shape index (κ2) is 13.2. The molecule has 1 N–H and O–H groups in total. The van der Waals surface area contributed by atoms with Crippen LogP contribution in [0.25, 0.3) is 0 Å². The standard InChI is InChI=1S/C19H36N4OS/c1-5-6-7-8-9-10-13-18(24)20-14-11-12-17-21-22-19(25-4)23(17)15-16(2)3/h16H,5-15H2,1-4H3,(H,20,24). The van der Waals surface area contributed by atoms with Crippen molar-refractivity contribution in [1.82, 2.24) is 20.1 Å². The van der Waals surface area contributed by atoms with Crippen LogP contribution in [0.1, 0.15) is 78.0 Å². The molecule has 0 aromatic carbocycles. The van der Waals surface area contributed by atoms with Gasteiger partial charge in [-0.05, 0) is 25.0 Å². The minimum absolute atomic E-state index is 0.184. The topological polar surface area (TPSA) is 59.8 Å². The van der Waals surface area contributed by atoms with Crippen molar-refractivity contribution in [1.29, 1.82) is 0 Å². The first kappa shape index (κ1) is 22.0. The van der Waals surface area contributed by atoms with E-state index in [-0.39, 0.29) is 5.91 Å². The Kier molecular flexibility index (Phi) is 11.6. The van der Waals surface area contributed by atoms with Crippen LogP contribution in [-0.4, -0.2) is 33.5 Å². The molecule has 0 fully saturated rings. The number of nitrogens with zero attached hydrogens (tertiary/aromatic N) is 3. The van der Waals surface area contributed by atoms with E-state index in [4.69, 9.17) is 0 Å². The molecule has 25 heavy (non-hydrogen) atoms. The summed E-state index contributed by atoms with van der Waals surface area (Å²) in [6.45, 7) is 8.30. The first-order valence-electron chi connectivity index (χ1n) is 9.81. The van der Waals surface area contributed by atoms with E-state index in [1.807, 2.05) is 6.26 Å². The average molecular weight is 369 g/mol. The summed E-state index contributed by atoms with van der Waals surface area (Å²) in [7, 11) is 0. The summed E-state index contributed by atoms with van der Waals surface area (Å²) in [4.78, 5) is 11.9. The van der Waals surface area contributed by atoms with Gasteiger partial charge in [-0.15, -0.1) is 10.2 Å². The predicted octanol–water partition coefficient (Wildman–Crippen LogP) is 4.46. The van der Waals surface area contributed by atoms with Crippen LogP contribution in [-0.2, 0) is 17.8 Å². The zero-order chi connectivity index (χ0) is 18.5. The van der Waals surface area contributed by atoms with E-state index in [0.29, 0.717) is 12.3 Å². The highest BCUT2D eigenvalue weighted by molar-refractivity contribution is 7.98. The molecule has 0 aliphatic heterocycles. The maximum absolute atomic E-state index is 11.9. The van der Waals surface area contributed by atoms with Gasteiger partial charge in [-0.1, -0.05) is 64.6 Å². The van der Waals surface area contributed by atoms with Crippen molar-refractivity contribution in [3.05, 3.63) is 5.82 Å². The highest BCUT2D eigenvalue weighted by atomic mass is 32.2. The number of nitrogens with one attached hydrogen (secondary N) is 1. The summed E-state index contributed by atoms with van der Waals surface area (Å²) in [6.07, 6.45) is 11.8. The number of carbonyl (C=O) groups is 1. The molecule has 0 radical (unpaired) electrons. The molecule has 0 atom stereocenters. The lowest BCUT2D eigenvalue weighted by Gasteiger charge is -2.11. The molecule has 0 aliphatic carbocycles. The van der Waals surface area contributed by atoms with Crippen molar-refractivity contribution in [2.24, 2.45) is 5.92 Å². The lowest BCUT2D eigenvalue weighted by atomic mass is 10.1. The van der Waals surface area contributed by atoms with Crippen LogP contribution >= 0.6 is 11.8 Å². The lowest BCUT2D eigenvalue weighted by Crippen LogP contribution is -2.24. The summed E-state index contributed by atoms with van der Waals surface area (Å²) >= 11 is 1.64. The maximum Gasteiger partial charge on any atom is 0.219 e. The second-order valence-corrected chi connectivity index (χ2v) is 7.85. The van der Waals surface area contributed by atoms with E-state index < -0.39 is 0 Å². The Labute approximate surface area is 157 Å². The van der Waals surface area contributed by atoms with Gasteiger partial charge < -0.3 is 9.88 Å². The van der Waals surface area contributed by atoms with Gasteiger partial charge in [0, 0.05) is 25.9 Å². The first-order valence-corrected chi connectivity index (χ1v) is 11.0. The fraction of sp³-hybridized carbons (Fsp3) is 0.842. The highest BCUT2D eigenvalue weighted by Crippen LogP contribution is 2.16. The number of thioether (sulfide) groups is 1. The zero-order valence-electron chi connectivity index (χ0n) is 16.5. The van der Waals surface area contributed by atoms with E-state index in [2.05, 4.69) is 40.9 Å². The van der Waals surface area contributed by atoms with Gasteiger partial charge in [0.25, 0.3) is 0 Å². The molecule has 1 heterocycles. The van der Waals surface area contributed by atoms with Crippen LogP contribution < -0.4 is 5.32 Å². The maximum atomic E-state index is 11.9. The molecule has 0 bridgehead atoms. The van der Waals surface area contributed by atoms with Gasteiger partial charge in [0.15, 0.2) is 5.16 Å². The van der Waals surface area contributed by atoms with Crippen molar-refractivity contribution < 1.29 is 4.79 Å². The van der Waals surface area contributed by atoms with Crippen molar-refractivity contribution in [2.45, 2.75) is 90.3 Å². The number of unbranched alkanes of at least 4 members (excludes halogenated alkanes) is 5. The van der Waals surface area contributed by atoms with Crippen molar-refractivity contribution in [3.63, 3.8) is 0 Å². The molecule has 5 nitrogen and oxygen atoms in total. The van der Waals surface area contributed by atoms with Gasteiger partial charge in [-0.2, -0.15) is 0 Å². The minimum Gasteiger partial charge on any atom is -0.356 e. The van der Waals surface area contributed by atoms with Crippen LogP contribution in [0.3, 0.4) is 0 Å². The van der Waals surface area contributed by atoms with E-state index in [9.17, 15) is 4.79 Å². The third-order valence-electron chi connectivity index (χ3n) is 4.18. The third-order valence-corrected chi connectivity index (χ3v) is 4.85. The monoisotopic (exact) mass is 368 g/mol. The van der Waals surface area contributed by atoms with Crippen LogP contribution in [0.15, 0.2) is 5.16 Å². The molecular weight excluding hydrogens is 332 g/mol. The smallest absolute Gasteiger partial charge is 0.219 e. The SMILES string of the molecule is CCCCCCCCC(=O)NCCCc1nnc(SC)n1CC(C)C. The largest absolute Gasteiger partial charge is 0.356 e. The molecule has 0 aliphatic rings. The van der Waals surface area contributed by atoms with Gasteiger partial charge >= 0.3 is 0 Å². The van der Waals surface area contributed by atoms with Gasteiger partial charge in [0.05, 0.1) is 0 Å². The Hall–Kier alpha value is -1.04. The Bertz CT molecular complexity index is 488. The molecular formula is C19H36N4OS. The molecule has 0 saturated heterocycles. The number of amides is 1. The highest BCUT2D eigenvalue weighted by Gasteiger charge is 2.12. The first-order chi connectivity index (χ1) is 12.1. The van der Waals surface area contributed by atoms with Crippen LogP contribution in [0, 0.1) is 5.92 Å². The fourth-order valence-electron chi connectivity index (χ4n) is 2.83. The number of aryl methyl sites for hydroxylation is 1. The lowest BCUT2D eigenvalue weighted by molar-refractivity contribution is -0.121. The minimum atomic E-state index is 0.184. The number of carbonyl (C=O) groups excluding carboxylic acids is 1. The van der Waals surface area contributed by atoms with Crippen molar-refractivity contribution in [3.8, 4) is 0 Å². The molecule has 1 aromatic heterocycles. The zero-order valence-corrected chi connectivity index (χ0v) is 17.3. The Morgan fingerprint density at radius 2 is 1.84 bits per heavy atom. The predicted molar refractivity (Wildman–Crippen MR) is 106 cm³/mol. The van der Waals surface area contributed by atoms with E-state index in [1.54, 1.807) is 11.8 Å². The summed E-state index contributed by atoms with van der Waals surface area (Å²) < 4.78 is 2.22. The van der Waals surface area contributed by atoms with Gasteiger partial charge in [0.1, 0.15) is 5.82 Å². The summed E-state index contributed by atoms with van der Waals surface area (Å²) in [5.74, 6) is 1.78. The van der Waals surface area contributed by atoms with Crippen LogP contribution in [0.4, 0.5) is 0 Å². The molecule has 0 spiro atoms. The quantitative estimate of drug-likeness (QED) is 0.389. The molecule has 1 rings (SSSR count). The fourth-order valence-corrected chi connectivity index (χ4v) is 3.35. The molecule has 0 saturated carbocycles.